The van der Waals surface area contributed by atoms with E-state index in [0.717, 1.165) is 11.1 Å². The largest absolute Gasteiger partial charge is 0.342 e. The SMILES string of the molecule is CC(=O)CCNC(=O)Nc1ccc(CC(=O)[C@H](Cc2ccccc2)NC(=O)/C=C/c2cc(Cl)ccc2-n2cnnn2)cc1. The molecular weight excluding hydrogens is 570 g/mol. The minimum Gasteiger partial charge on any atom is -0.342 e. The van der Waals surface area contributed by atoms with E-state index in [-0.39, 0.29) is 31.0 Å². The summed E-state index contributed by atoms with van der Waals surface area (Å²) in [4.78, 5) is 49.5. The van der Waals surface area contributed by atoms with Gasteiger partial charge in [-0.3, -0.25) is 14.4 Å². The topological polar surface area (TPSA) is 148 Å². The van der Waals surface area contributed by atoms with Crippen LogP contribution < -0.4 is 16.0 Å². The standard InChI is InChI=1S/C31H30ClN7O4/c1-21(40)15-16-33-31(43)35-26-11-7-23(8-12-26)18-29(41)27(17-22-5-3-2-4-6-22)36-30(42)14-9-24-19-25(32)10-13-28(24)39-20-34-37-38-39/h2-14,19-20,27H,15-18H2,1H3,(H,36,42)(H2,33,35,43)/b14-9+/t27-/m0/s1. The fourth-order valence-electron chi connectivity index (χ4n) is 4.18. The molecule has 11 nitrogen and oxygen atoms in total. The molecule has 0 spiro atoms. The van der Waals surface area contributed by atoms with Gasteiger partial charge in [0.2, 0.25) is 5.91 Å². The number of benzene rings is 3. The van der Waals surface area contributed by atoms with Crippen molar-refractivity contribution in [3.63, 3.8) is 0 Å². The normalized spacial score (nSPS) is 11.6. The van der Waals surface area contributed by atoms with E-state index in [0.29, 0.717) is 28.4 Å². The summed E-state index contributed by atoms with van der Waals surface area (Å²) in [7, 11) is 0. The highest BCUT2D eigenvalue weighted by molar-refractivity contribution is 6.30. The second-order valence-electron chi connectivity index (χ2n) is 9.71. The molecule has 43 heavy (non-hydrogen) atoms. The third-order valence-electron chi connectivity index (χ3n) is 6.34. The maximum atomic E-state index is 13.4. The number of anilines is 1. The van der Waals surface area contributed by atoms with E-state index in [2.05, 4.69) is 31.5 Å². The Kier molecular flexibility index (Phi) is 10.9. The molecular formula is C31H30ClN7O4. The zero-order chi connectivity index (χ0) is 30.6. The average molecular weight is 600 g/mol. The number of halogens is 1. The molecule has 0 aliphatic carbocycles. The molecule has 3 aromatic carbocycles. The summed E-state index contributed by atoms with van der Waals surface area (Å²) in [6, 6.07) is 20.2. The van der Waals surface area contributed by atoms with Gasteiger partial charge in [-0.2, -0.15) is 4.68 Å². The number of urea groups is 1. The Hall–Kier alpha value is -5.16. The lowest BCUT2D eigenvalue weighted by molar-refractivity contribution is -0.125. The third kappa shape index (κ3) is 9.72. The van der Waals surface area contributed by atoms with Crippen molar-refractivity contribution in [3.05, 3.63) is 107 Å². The highest BCUT2D eigenvalue weighted by Gasteiger charge is 2.21. The summed E-state index contributed by atoms with van der Waals surface area (Å²) in [5, 5.41) is 19.8. The van der Waals surface area contributed by atoms with Crippen LogP contribution in [0.15, 0.2) is 85.2 Å². The molecule has 0 bridgehead atoms. The van der Waals surface area contributed by atoms with Crippen LogP contribution >= 0.6 is 11.6 Å². The number of ketones is 2. The van der Waals surface area contributed by atoms with Gasteiger partial charge in [-0.25, -0.2) is 4.79 Å². The molecule has 1 aromatic heterocycles. The molecule has 12 heteroatoms. The van der Waals surface area contributed by atoms with E-state index in [9.17, 15) is 19.2 Å². The molecule has 1 atom stereocenters. The predicted octanol–water partition coefficient (Wildman–Crippen LogP) is 3.97. The molecule has 4 rings (SSSR count). The Labute approximate surface area is 253 Å². The van der Waals surface area contributed by atoms with E-state index in [1.165, 1.54) is 24.0 Å². The van der Waals surface area contributed by atoms with Crippen molar-refractivity contribution in [2.75, 3.05) is 11.9 Å². The van der Waals surface area contributed by atoms with Crippen molar-refractivity contribution in [2.24, 2.45) is 0 Å². The second-order valence-corrected chi connectivity index (χ2v) is 10.2. The number of nitrogens with zero attached hydrogens (tertiary/aromatic N) is 4. The lowest BCUT2D eigenvalue weighted by atomic mass is 9.97. The van der Waals surface area contributed by atoms with Crippen LogP contribution in [-0.4, -0.2) is 56.3 Å². The van der Waals surface area contributed by atoms with Gasteiger partial charge in [-0.15, -0.1) is 5.10 Å². The highest BCUT2D eigenvalue weighted by atomic mass is 35.5. The molecule has 4 aromatic rings. The summed E-state index contributed by atoms with van der Waals surface area (Å²) in [5.41, 5.74) is 3.40. The molecule has 220 valence electrons. The maximum absolute atomic E-state index is 13.4. The molecule has 0 aliphatic rings. The maximum Gasteiger partial charge on any atom is 0.319 e. The fourth-order valence-corrected chi connectivity index (χ4v) is 4.36. The Morgan fingerprint density at radius 2 is 1.74 bits per heavy atom. The molecule has 0 aliphatic heterocycles. The van der Waals surface area contributed by atoms with Crippen LogP contribution in [0, 0.1) is 0 Å². The number of hydrogen-bond donors (Lipinski definition) is 3. The molecule has 0 saturated carbocycles. The monoisotopic (exact) mass is 599 g/mol. The minimum absolute atomic E-state index is 0.0109. The van der Waals surface area contributed by atoms with Gasteiger partial charge in [0.25, 0.3) is 0 Å². The summed E-state index contributed by atoms with van der Waals surface area (Å²) in [6.45, 7) is 1.71. The van der Waals surface area contributed by atoms with Gasteiger partial charge in [0, 0.05) is 41.7 Å². The summed E-state index contributed by atoms with van der Waals surface area (Å²) in [6.07, 6.45) is 5.00. The number of nitrogens with one attached hydrogen (secondary N) is 3. The van der Waals surface area contributed by atoms with Crippen molar-refractivity contribution in [3.8, 4) is 5.69 Å². The van der Waals surface area contributed by atoms with Gasteiger partial charge in [0.15, 0.2) is 5.78 Å². The number of tetrazole rings is 1. The zero-order valence-electron chi connectivity index (χ0n) is 23.4. The van der Waals surface area contributed by atoms with Crippen molar-refractivity contribution in [2.45, 2.75) is 32.2 Å². The van der Waals surface area contributed by atoms with E-state index in [1.54, 1.807) is 48.5 Å². The van der Waals surface area contributed by atoms with Gasteiger partial charge < -0.3 is 16.0 Å². The van der Waals surface area contributed by atoms with E-state index in [1.807, 2.05) is 30.3 Å². The fraction of sp³-hybridized carbons (Fsp3) is 0.194. The number of carbonyl (C=O) groups excluding carboxylic acids is 4. The van der Waals surface area contributed by atoms with Gasteiger partial charge >= 0.3 is 6.03 Å². The van der Waals surface area contributed by atoms with E-state index in [4.69, 9.17) is 11.6 Å². The highest BCUT2D eigenvalue weighted by Crippen LogP contribution is 2.20. The summed E-state index contributed by atoms with van der Waals surface area (Å²) < 4.78 is 1.46. The first-order chi connectivity index (χ1) is 20.8. The molecule has 0 unspecified atom stereocenters. The van der Waals surface area contributed by atoms with Crippen LogP contribution in [0.1, 0.15) is 30.0 Å². The lowest BCUT2D eigenvalue weighted by Crippen LogP contribution is -2.42. The Morgan fingerprint density at radius 3 is 2.44 bits per heavy atom. The Bertz CT molecular complexity index is 1590. The Balaban J connectivity index is 1.43. The second kappa shape index (κ2) is 15.2. The third-order valence-corrected chi connectivity index (χ3v) is 6.58. The van der Waals surface area contributed by atoms with Gasteiger partial charge in [0.1, 0.15) is 12.1 Å². The van der Waals surface area contributed by atoms with Crippen LogP contribution in [0.4, 0.5) is 10.5 Å². The van der Waals surface area contributed by atoms with E-state index < -0.39 is 18.0 Å². The molecule has 0 saturated heterocycles. The predicted molar refractivity (Wildman–Crippen MR) is 163 cm³/mol. The molecule has 0 fully saturated rings. The molecule has 3 N–H and O–H groups in total. The first-order valence-electron chi connectivity index (χ1n) is 13.5. The number of amides is 3. The number of carbonyl (C=O) groups is 4. The number of aromatic nitrogens is 4. The average Bonchev–Trinajstić information content (AvgIpc) is 3.52. The quantitative estimate of drug-likeness (QED) is 0.197. The molecule has 1 heterocycles. The van der Waals surface area contributed by atoms with Crippen molar-refractivity contribution >= 4 is 46.9 Å². The number of Topliss-reactive ketones (excluding diaryl/α,β-unsaturated/α-hetero) is 2. The van der Waals surface area contributed by atoms with Crippen LogP contribution in [0.3, 0.4) is 0 Å². The smallest absolute Gasteiger partial charge is 0.319 e. The minimum atomic E-state index is -0.789. The van der Waals surface area contributed by atoms with Crippen molar-refractivity contribution in [1.29, 1.82) is 0 Å². The van der Waals surface area contributed by atoms with Gasteiger partial charge in [0.05, 0.1) is 11.7 Å². The number of rotatable bonds is 13. The number of hydrogen-bond acceptors (Lipinski definition) is 7. The van der Waals surface area contributed by atoms with Gasteiger partial charge in [-0.1, -0.05) is 54.1 Å². The van der Waals surface area contributed by atoms with Crippen LogP contribution in [0.2, 0.25) is 5.02 Å². The summed E-state index contributed by atoms with van der Waals surface area (Å²) >= 11 is 6.18. The van der Waals surface area contributed by atoms with Crippen LogP contribution in [-0.2, 0) is 27.2 Å². The van der Waals surface area contributed by atoms with Crippen molar-refractivity contribution < 1.29 is 19.2 Å². The lowest BCUT2D eigenvalue weighted by Gasteiger charge is -2.17. The van der Waals surface area contributed by atoms with Gasteiger partial charge in [-0.05, 0) is 71.3 Å². The van der Waals surface area contributed by atoms with E-state index >= 15 is 0 Å². The van der Waals surface area contributed by atoms with Crippen LogP contribution in [0.5, 0.6) is 0 Å². The Morgan fingerprint density at radius 1 is 0.977 bits per heavy atom. The zero-order valence-corrected chi connectivity index (χ0v) is 24.1. The van der Waals surface area contributed by atoms with Crippen LogP contribution in [0.25, 0.3) is 11.8 Å². The molecule has 3 amide bonds. The first-order valence-corrected chi connectivity index (χ1v) is 13.9. The van der Waals surface area contributed by atoms with Crippen molar-refractivity contribution in [1.82, 2.24) is 30.8 Å². The summed E-state index contributed by atoms with van der Waals surface area (Å²) in [5.74, 6) is -0.638. The molecule has 0 radical (unpaired) electrons. The first kappa shape index (κ1) is 30.8.